The maximum absolute atomic E-state index is 12.5. The van der Waals surface area contributed by atoms with Crippen LogP contribution in [-0.2, 0) is 16.1 Å². The Bertz CT molecular complexity index is 1130. The summed E-state index contributed by atoms with van der Waals surface area (Å²) in [7, 11) is 1.60. The van der Waals surface area contributed by atoms with Crippen molar-refractivity contribution in [3.05, 3.63) is 52.7 Å². The molecule has 0 N–H and O–H groups in total. The van der Waals surface area contributed by atoms with Crippen LogP contribution in [0.2, 0.25) is 0 Å². The Labute approximate surface area is 200 Å². The Morgan fingerprint density at radius 2 is 2.03 bits per heavy atom. The van der Waals surface area contributed by atoms with Crippen molar-refractivity contribution in [2.75, 3.05) is 38.3 Å². The van der Waals surface area contributed by atoms with Crippen LogP contribution in [0.3, 0.4) is 0 Å². The van der Waals surface area contributed by atoms with Gasteiger partial charge in [-0.1, -0.05) is 12.1 Å². The maximum Gasteiger partial charge on any atom is 0.225 e. The summed E-state index contributed by atoms with van der Waals surface area (Å²) in [4.78, 5) is 21.4. The molecule has 0 radical (unpaired) electrons. The van der Waals surface area contributed by atoms with Crippen molar-refractivity contribution >= 4 is 11.7 Å². The van der Waals surface area contributed by atoms with E-state index in [1.165, 1.54) is 0 Å². The van der Waals surface area contributed by atoms with Crippen molar-refractivity contribution in [3.8, 4) is 17.9 Å². The molecule has 8 nitrogen and oxygen atoms in total. The van der Waals surface area contributed by atoms with Gasteiger partial charge < -0.3 is 19.3 Å². The van der Waals surface area contributed by atoms with Gasteiger partial charge in [-0.05, 0) is 37.5 Å². The minimum atomic E-state index is 0.0131. The molecule has 1 aromatic heterocycles. The van der Waals surface area contributed by atoms with E-state index in [4.69, 9.17) is 19.7 Å². The third-order valence-electron chi connectivity index (χ3n) is 6.30. The zero-order chi connectivity index (χ0) is 24.1. The zero-order valence-corrected chi connectivity index (χ0v) is 19.7. The highest BCUT2D eigenvalue weighted by Gasteiger charge is 2.33. The standard InChI is InChI=1S/C26H29N5O3/c1-18-16-30(9-10-31(18)24(32)8-11-33-2)26-22(15-28)13-23(25(29-26)21-6-7-21)34-17-20-5-3-4-19(12-20)14-27/h3-5,12-13,18,21H,6-11,16-17H2,1-2H3. The lowest BCUT2D eigenvalue weighted by Gasteiger charge is -2.40. The Kier molecular flexibility index (Phi) is 7.30. The molecular weight excluding hydrogens is 430 g/mol. The van der Waals surface area contributed by atoms with E-state index in [0.29, 0.717) is 67.9 Å². The number of carbonyl (C=O) groups is 1. The normalized spacial score (nSPS) is 17.7. The van der Waals surface area contributed by atoms with Crippen LogP contribution in [0.1, 0.15) is 54.5 Å². The summed E-state index contributed by atoms with van der Waals surface area (Å²) in [6.07, 6.45) is 2.48. The van der Waals surface area contributed by atoms with Gasteiger partial charge in [-0.15, -0.1) is 0 Å². The SMILES string of the molecule is COCCC(=O)N1CCN(c2nc(C3CC3)c(OCc3cccc(C#N)c3)cc2C#N)CC1C. The molecule has 1 aromatic carbocycles. The summed E-state index contributed by atoms with van der Waals surface area (Å²) in [6, 6.07) is 13.6. The van der Waals surface area contributed by atoms with Crippen molar-refractivity contribution in [1.29, 1.82) is 10.5 Å². The molecule has 2 heterocycles. The third kappa shape index (κ3) is 5.30. The minimum Gasteiger partial charge on any atom is -0.487 e. The van der Waals surface area contributed by atoms with Gasteiger partial charge in [0, 0.05) is 44.8 Å². The number of benzene rings is 1. The molecule has 1 aliphatic heterocycles. The zero-order valence-electron chi connectivity index (χ0n) is 19.7. The maximum atomic E-state index is 12.5. The largest absolute Gasteiger partial charge is 0.487 e. The van der Waals surface area contributed by atoms with Crippen LogP contribution in [-0.4, -0.2) is 55.2 Å². The fraction of sp³-hybridized carbons (Fsp3) is 0.462. The van der Waals surface area contributed by atoms with Gasteiger partial charge in [0.25, 0.3) is 0 Å². The average Bonchev–Trinajstić information content (AvgIpc) is 3.71. The lowest BCUT2D eigenvalue weighted by molar-refractivity contribution is -0.134. The Morgan fingerprint density at radius 3 is 2.71 bits per heavy atom. The van der Waals surface area contributed by atoms with E-state index in [2.05, 4.69) is 17.0 Å². The number of rotatable bonds is 8. The van der Waals surface area contributed by atoms with Crippen molar-refractivity contribution in [2.45, 2.75) is 44.8 Å². The van der Waals surface area contributed by atoms with Crippen molar-refractivity contribution in [2.24, 2.45) is 0 Å². The average molecular weight is 460 g/mol. The van der Waals surface area contributed by atoms with E-state index in [0.717, 1.165) is 24.1 Å². The number of pyridine rings is 1. The van der Waals surface area contributed by atoms with Gasteiger partial charge in [0.05, 0.1) is 35.9 Å². The van der Waals surface area contributed by atoms with Crippen LogP contribution >= 0.6 is 0 Å². The second-order valence-electron chi connectivity index (χ2n) is 8.85. The molecule has 0 spiro atoms. The first-order valence-corrected chi connectivity index (χ1v) is 11.6. The first-order chi connectivity index (χ1) is 16.5. The Balaban J connectivity index is 1.53. The minimum absolute atomic E-state index is 0.0131. The predicted molar refractivity (Wildman–Crippen MR) is 126 cm³/mol. The van der Waals surface area contributed by atoms with Crippen LogP contribution in [0.15, 0.2) is 30.3 Å². The van der Waals surface area contributed by atoms with Gasteiger partial charge in [-0.3, -0.25) is 4.79 Å². The van der Waals surface area contributed by atoms with Crippen molar-refractivity contribution in [1.82, 2.24) is 9.88 Å². The lowest BCUT2D eigenvalue weighted by Crippen LogP contribution is -2.54. The predicted octanol–water partition coefficient (Wildman–Crippen LogP) is 3.35. The van der Waals surface area contributed by atoms with Gasteiger partial charge in [0.1, 0.15) is 24.2 Å². The van der Waals surface area contributed by atoms with E-state index in [1.807, 2.05) is 24.0 Å². The topological polar surface area (TPSA) is 102 Å². The highest BCUT2D eigenvalue weighted by Crippen LogP contribution is 2.45. The lowest BCUT2D eigenvalue weighted by atomic mass is 10.1. The first-order valence-electron chi connectivity index (χ1n) is 11.6. The number of amides is 1. The molecule has 176 valence electrons. The van der Waals surface area contributed by atoms with E-state index in [9.17, 15) is 10.1 Å². The Hall–Kier alpha value is -3.62. The fourth-order valence-electron chi connectivity index (χ4n) is 4.33. The second-order valence-corrected chi connectivity index (χ2v) is 8.85. The fourth-order valence-corrected chi connectivity index (χ4v) is 4.33. The van der Waals surface area contributed by atoms with Crippen LogP contribution in [0.25, 0.3) is 0 Å². The molecule has 4 rings (SSSR count). The molecule has 1 saturated heterocycles. The molecule has 1 saturated carbocycles. The molecule has 1 unspecified atom stereocenters. The molecule has 2 aromatic rings. The van der Waals surface area contributed by atoms with E-state index >= 15 is 0 Å². The van der Waals surface area contributed by atoms with E-state index in [1.54, 1.807) is 25.3 Å². The highest BCUT2D eigenvalue weighted by atomic mass is 16.5. The van der Waals surface area contributed by atoms with Crippen LogP contribution in [0, 0.1) is 22.7 Å². The molecule has 1 aliphatic carbocycles. The van der Waals surface area contributed by atoms with E-state index in [-0.39, 0.29) is 11.9 Å². The smallest absolute Gasteiger partial charge is 0.225 e. The summed E-state index contributed by atoms with van der Waals surface area (Å²) in [5.41, 5.74) is 2.84. The number of hydrogen-bond donors (Lipinski definition) is 0. The van der Waals surface area contributed by atoms with Gasteiger partial charge in [-0.2, -0.15) is 10.5 Å². The van der Waals surface area contributed by atoms with Gasteiger partial charge in [0.2, 0.25) is 5.91 Å². The molecule has 1 amide bonds. The summed E-state index contributed by atoms with van der Waals surface area (Å²) in [5.74, 6) is 1.72. The number of carbonyl (C=O) groups excluding carboxylic acids is 1. The number of nitriles is 2. The van der Waals surface area contributed by atoms with Crippen molar-refractivity contribution < 1.29 is 14.3 Å². The number of aromatic nitrogens is 1. The molecule has 2 fully saturated rings. The number of nitrogens with zero attached hydrogens (tertiary/aromatic N) is 5. The number of hydrogen-bond acceptors (Lipinski definition) is 7. The quantitative estimate of drug-likeness (QED) is 0.596. The molecule has 8 heteroatoms. The molecule has 1 atom stereocenters. The highest BCUT2D eigenvalue weighted by molar-refractivity contribution is 5.77. The third-order valence-corrected chi connectivity index (χ3v) is 6.30. The molecule has 2 aliphatic rings. The summed E-state index contributed by atoms with van der Waals surface area (Å²) < 4.78 is 11.2. The van der Waals surface area contributed by atoms with E-state index < -0.39 is 0 Å². The van der Waals surface area contributed by atoms with Crippen LogP contribution in [0.5, 0.6) is 5.75 Å². The van der Waals surface area contributed by atoms with Gasteiger partial charge >= 0.3 is 0 Å². The van der Waals surface area contributed by atoms with Gasteiger partial charge in [0.15, 0.2) is 0 Å². The van der Waals surface area contributed by atoms with Crippen molar-refractivity contribution in [3.63, 3.8) is 0 Å². The van der Waals surface area contributed by atoms with Crippen LogP contribution < -0.4 is 9.64 Å². The number of ether oxygens (including phenoxy) is 2. The van der Waals surface area contributed by atoms with Crippen LogP contribution in [0.4, 0.5) is 5.82 Å². The number of anilines is 1. The monoisotopic (exact) mass is 459 g/mol. The summed E-state index contributed by atoms with van der Waals surface area (Å²) >= 11 is 0. The Morgan fingerprint density at radius 1 is 1.21 bits per heavy atom. The molecule has 34 heavy (non-hydrogen) atoms. The molecular formula is C26H29N5O3. The van der Waals surface area contributed by atoms with Gasteiger partial charge in [-0.25, -0.2) is 4.98 Å². The number of methoxy groups -OCH3 is 1. The summed E-state index contributed by atoms with van der Waals surface area (Å²) in [6.45, 7) is 4.57. The summed E-state index contributed by atoms with van der Waals surface area (Å²) in [5, 5.41) is 19.0. The second kappa shape index (κ2) is 10.5. The molecule has 0 bridgehead atoms. The number of piperazine rings is 1. The first kappa shape index (κ1) is 23.5.